The Morgan fingerprint density at radius 1 is 1.37 bits per heavy atom. The molecule has 0 atom stereocenters. The zero-order chi connectivity index (χ0) is 14.2. The van der Waals surface area contributed by atoms with Crippen LogP contribution < -0.4 is 11.3 Å². The minimum atomic E-state index is -0.147. The van der Waals surface area contributed by atoms with Crippen LogP contribution in [0.2, 0.25) is 5.02 Å². The van der Waals surface area contributed by atoms with Crippen LogP contribution in [-0.2, 0) is 13.6 Å². The molecule has 0 spiro atoms. The third-order valence-electron chi connectivity index (χ3n) is 3.22. The number of halogens is 1. The fourth-order valence-electron chi connectivity index (χ4n) is 2.36. The van der Waals surface area contributed by atoms with E-state index in [4.69, 9.17) is 17.3 Å². The lowest BCUT2D eigenvalue weighted by molar-refractivity contribution is 0.508. The highest BCUT2D eigenvalue weighted by Gasteiger charge is 2.17. The Hall–Kier alpha value is -1.68. The largest absolute Gasteiger partial charge is 0.393 e. The average Bonchev–Trinajstić information content (AvgIpc) is 2.53. The molecule has 0 amide bonds. The smallest absolute Gasteiger partial charge is 0.290 e. The lowest BCUT2D eigenvalue weighted by Crippen LogP contribution is -2.23. The van der Waals surface area contributed by atoms with Crippen molar-refractivity contribution < 1.29 is 0 Å². The average molecular weight is 280 g/mol. The highest BCUT2D eigenvalue weighted by Crippen LogP contribution is 2.19. The third kappa shape index (κ3) is 2.54. The van der Waals surface area contributed by atoms with Gasteiger partial charge in [0.15, 0.2) is 0 Å². The van der Waals surface area contributed by atoms with Crippen molar-refractivity contribution >= 4 is 17.3 Å². The van der Waals surface area contributed by atoms with Crippen molar-refractivity contribution in [1.29, 1.82) is 0 Å². The van der Waals surface area contributed by atoms with E-state index in [1.165, 1.54) is 0 Å². The number of nitrogens with zero attached hydrogens (tertiary/aromatic N) is 2. The van der Waals surface area contributed by atoms with E-state index in [9.17, 15) is 4.79 Å². The summed E-state index contributed by atoms with van der Waals surface area (Å²) in [6, 6.07) is 7.48. The molecular weight excluding hydrogens is 262 g/mol. The monoisotopic (exact) mass is 279 g/mol. The normalized spacial score (nSPS) is 11.2. The first kappa shape index (κ1) is 13.7. The molecule has 0 saturated heterocycles. The maximum Gasteiger partial charge on any atom is 0.290 e. The molecule has 0 unspecified atom stereocenters. The second-order valence-electron chi connectivity index (χ2n) is 4.97. The fraction of sp³-hybridized carbons (Fsp3) is 0.357. The minimum absolute atomic E-state index is 0.147. The first-order valence-electron chi connectivity index (χ1n) is 6.21. The molecule has 19 heavy (non-hydrogen) atoms. The lowest BCUT2D eigenvalue weighted by atomic mass is 10.1. The Morgan fingerprint density at radius 2 is 2.05 bits per heavy atom. The Kier molecular flexibility index (Phi) is 3.71. The molecule has 0 radical (unpaired) electrons. The van der Waals surface area contributed by atoms with Gasteiger partial charge >= 0.3 is 0 Å². The van der Waals surface area contributed by atoms with Gasteiger partial charge in [0.05, 0.1) is 12.2 Å². The Labute approximate surface area is 117 Å². The summed E-state index contributed by atoms with van der Waals surface area (Å²) in [5.74, 6) is 0.207. The molecule has 0 aliphatic rings. The van der Waals surface area contributed by atoms with Crippen LogP contribution in [0.1, 0.15) is 31.0 Å². The molecule has 2 N–H and O–H groups in total. The molecule has 4 nitrogen and oxygen atoms in total. The van der Waals surface area contributed by atoms with Gasteiger partial charge in [0, 0.05) is 12.1 Å². The molecule has 1 aromatic heterocycles. The van der Waals surface area contributed by atoms with Crippen LogP contribution in [0.25, 0.3) is 0 Å². The first-order valence-corrected chi connectivity index (χ1v) is 6.59. The fourth-order valence-corrected chi connectivity index (χ4v) is 2.57. The predicted octanol–water partition coefficient (Wildman–Crippen LogP) is 2.59. The lowest BCUT2D eigenvalue weighted by Gasteiger charge is -2.12. The van der Waals surface area contributed by atoms with E-state index in [-0.39, 0.29) is 11.5 Å². The summed E-state index contributed by atoms with van der Waals surface area (Å²) in [5.41, 5.74) is 7.94. The second-order valence-corrected chi connectivity index (χ2v) is 5.41. The summed E-state index contributed by atoms with van der Waals surface area (Å²) < 4.78 is 3.47. The van der Waals surface area contributed by atoms with Crippen LogP contribution in [0.15, 0.2) is 29.1 Å². The van der Waals surface area contributed by atoms with E-state index in [0.29, 0.717) is 17.3 Å². The van der Waals surface area contributed by atoms with E-state index < -0.39 is 0 Å². The summed E-state index contributed by atoms with van der Waals surface area (Å²) in [5, 5.41) is 0.664. The highest BCUT2D eigenvalue weighted by molar-refractivity contribution is 6.30. The van der Waals surface area contributed by atoms with Gasteiger partial charge in [-0.3, -0.25) is 9.48 Å². The zero-order valence-corrected chi connectivity index (χ0v) is 12.1. The van der Waals surface area contributed by atoms with E-state index in [1.54, 1.807) is 4.68 Å². The number of anilines is 1. The van der Waals surface area contributed by atoms with E-state index >= 15 is 0 Å². The van der Waals surface area contributed by atoms with E-state index in [1.807, 2.05) is 49.8 Å². The SMILES string of the molecule is CC(C)c1c(N)c(=O)n(Cc2cccc(Cl)c2)n1C. The maximum absolute atomic E-state index is 12.2. The summed E-state index contributed by atoms with van der Waals surface area (Å²) >= 11 is 5.96. The number of rotatable bonds is 3. The molecule has 5 heteroatoms. The zero-order valence-electron chi connectivity index (χ0n) is 11.4. The van der Waals surface area contributed by atoms with Crippen molar-refractivity contribution in [1.82, 2.24) is 9.36 Å². The van der Waals surface area contributed by atoms with Gasteiger partial charge in [-0.1, -0.05) is 37.6 Å². The van der Waals surface area contributed by atoms with Crippen LogP contribution >= 0.6 is 11.6 Å². The van der Waals surface area contributed by atoms with Gasteiger partial charge in [0.1, 0.15) is 5.69 Å². The first-order chi connectivity index (χ1) is 8.91. The van der Waals surface area contributed by atoms with Gasteiger partial charge in [-0.2, -0.15) is 0 Å². The van der Waals surface area contributed by atoms with Crippen molar-refractivity contribution in [3.05, 3.63) is 50.9 Å². The predicted molar refractivity (Wildman–Crippen MR) is 78.7 cm³/mol. The number of nitrogen functional groups attached to an aromatic ring is 1. The number of nitrogens with two attached hydrogens (primary N) is 1. The van der Waals surface area contributed by atoms with E-state index in [2.05, 4.69) is 0 Å². The van der Waals surface area contributed by atoms with Crippen molar-refractivity contribution in [2.75, 3.05) is 5.73 Å². The Bertz CT molecular complexity index is 655. The maximum atomic E-state index is 12.2. The minimum Gasteiger partial charge on any atom is -0.393 e. The van der Waals surface area contributed by atoms with Gasteiger partial charge in [0.25, 0.3) is 5.56 Å². The summed E-state index contributed by atoms with van der Waals surface area (Å²) in [4.78, 5) is 12.2. The van der Waals surface area contributed by atoms with Gasteiger partial charge in [-0.15, -0.1) is 0 Å². The molecule has 0 bridgehead atoms. The van der Waals surface area contributed by atoms with Gasteiger partial charge in [0.2, 0.25) is 0 Å². The Balaban J connectivity index is 2.47. The van der Waals surface area contributed by atoms with Crippen LogP contribution in [-0.4, -0.2) is 9.36 Å². The number of hydrogen-bond acceptors (Lipinski definition) is 2. The topological polar surface area (TPSA) is 53.0 Å². The van der Waals surface area contributed by atoms with Gasteiger partial charge < -0.3 is 5.73 Å². The summed E-state index contributed by atoms with van der Waals surface area (Å²) in [6.45, 7) is 4.51. The molecule has 2 rings (SSSR count). The Morgan fingerprint density at radius 3 is 2.58 bits per heavy atom. The van der Waals surface area contributed by atoms with Gasteiger partial charge in [-0.05, 0) is 23.6 Å². The molecule has 102 valence electrons. The molecule has 0 aliphatic heterocycles. The summed E-state index contributed by atoms with van der Waals surface area (Å²) in [6.07, 6.45) is 0. The highest BCUT2D eigenvalue weighted by atomic mass is 35.5. The van der Waals surface area contributed by atoms with Crippen molar-refractivity contribution in [3.63, 3.8) is 0 Å². The van der Waals surface area contributed by atoms with Crippen molar-refractivity contribution in [3.8, 4) is 0 Å². The standard InChI is InChI=1S/C14H18ClN3O/c1-9(2)13-12(16)14(19)18(17(13)3)8-10-5-4-6-11(15)7-10/h4-7,9H,8,16H2,1-3H3. The van der Waals surface area contributed by atoms with Crippen LogP contribution in [0.4, 0.5) is 5.69 Å². The molecular formula is C14H18ClN3O. The van der Waals surface area contributed by atoms with Crippen molar-refractivity contribution in [2.24, 2.45) is 7.05 Å². The van der Waals surface area contributed by atoms with Crippen LogP contribution in [0.3, 0.4) is 0 Å². The number of hydrogen-bond donors (Lipinski definition) is 1. The molecule has 0 saturated carbocycles. The van der Waals surface area contributed by atoms with Crippen LogP contribution in [0, 0.1) is 0 Å². The molecule has 2 aromatic rings. The molecule has 0 aliphatic carbocycles. The third-order valence-corrected chi connectivity index (χ3v) is 3.45. The number of benzene rings is 1. The van der Waals surface area contributed by atoms with E-state index in [0.717, 1.165) is 11.3 Å². The van der Waals surface area contributed by atoms with Crippen molar-refractivity contribution in [2.45, 2.75) is 26.3 Å². The molecule has 1 heterocycles. The quantitative estimate of drug-likeness (QED) is 0.939. The van der Waals surface area contributed by atoms with Gasteiger partial charge in [-0.25, -0.2) is 4.68 Å². The second kappa shape index (κ2) is 5.13. The summed E-state index contributed by atoms with van der Waals surface area (Å²) in [7, 11) is 1.86. The van der Waals surface area contributed by atoms with Crippen LogP contribution in [0.5, 0.6) is 0 Å². The molecule has 1 aromatic carbocycles. The molecule has 0 fully saturated rings. The number of aromatic nitrogens is 2.